The Morgan fingerprint density at radius 2 is 1.84 bits per heavy atom. The molecule has 1 aliphatic carbocycles. The molecule has 2 unspecified atom stereocenters. The number of ether oxygens (including phenoxy) is 3. The largest absolute Gasteiger partial charge is 0.494 e. The third-order valence-electron chi connectivity index (χ3n) is 6.53. The highest BCUT2D eigenvalue weighted by atomic mass is 35.5. The highest BCUT2D eigenvalue weighted by Gasteiger charge is 2.69. The van der Waals surface area contributed by atoms with Crippen LogP contribution in [0.25, 0.3) is 0 Å². The Morgan fingerprint density at radius 3 is 2.48 bits per heavy atom. The number of halogens is 1. The van der Waals surface area contributed by atoms with Gasteiger partial charge in [-0.25, -0.2) is 0 Å². The number of aliphatic hydroxyl groups is 4. The molecule has 2 saturated heterocycles. The number of rotatable bonds is 6. The summed E-state index contributed by atoms with van der Waals surface area (Å²) in [5, 5.41) is 42.2. The second-order valence-electron chi connectivity index (χ2n) is 8.56. The van der Waals surface area contributed by atoms with Crippen LogP contribution in [-0.4, -0.2) is 69.9 Å². The maximum Gasteiger partial charge on any atom is 0.205 e. The molecule has 2 aliphatic heterocycles. The van der Waals surface area contributed by atoms with E-state index in [1.807, 2.05) is 50.3 Å². The smallest absolute Gasteiger partial charge is 0.205 e. The van der Waals surface area contributed by atoms with Crippen LogP contribution >= 0.6 is 11.6 Å². The Bertz CT molecular complexity index is 869. The topological polar surface area (TPSA) is 109 Å². The van der Waals surface area contributed by atoms with Crippen LogP contribution in [0.3, 0.4) is 0 Å². The highest BCUT2D eigenvalue weighted by Crippen LogP contribution is 2.51. The molecular formula is C23H29ClO7. The number of benzene rings is 1. The van der Waals surface area contributed by atoms with Crippen molar-refractivity contribution in [2.24, 2.45) is 11.8 Å². The Hall–Kier alpha value is -1.45. The lowest BCUT2D eigenvalue weighted by Crippen LogP contribution is -2.69. The number of allylic oxidation sites excluding steroid dienone is 3. The molecule has 31 heavy (non-hydrogen) atoms. The second-order valence-corrected chi connectivity index (χ2v) is 8.97. The van der Waals surface area contributed by atoms with Crippen LogP contribution in [0.15, 0.2) is 47.0 Å². The lowest BCUT2D eigenvalue weighted by atomic mass is 9.74. The Balaban J connectivity index is 1.64. The van der Waals surface area contributed by atoms with Crippen molar-refractivity contribution in [3.8, 4) is 5.75 Å². The van der Waals surface area contributed by atoms with Crippen molar-refractivity contribution >= 4 is 11.6 Å². The molecule has 0 spiro atoms. The maximum atomic E-state index is 10.8. The lowest BCUT2D eigenvalue weighted by molar-refractivity contribution is -0.338. The molecule has 0 saturated carbocycles. The number of fused-ring (bicyclic) bond motifs is 2. The van der Waals surface area contributed by atoms with Gasteiger partial charge in [-0.3, -0.25) is 0 Å². The molecule has 0 radical (unpaired) electrons. The minimum atomic E-state index is -1.60. The number of hydrogen-bond acceptors (Lipinski definition) is 7. The Kier molecular flexibility index (Phi) is 6.22. The highest BCUT2D eigenvalue weighted by molar-refractivity contribution is 6.32. The second kappa shape index (κ2) is 8.48. The van der Waals surface area contributed by atoms with Gasteiger partial charge in [0.1, 0.15) is 29.7 Å². The van der Waals surface area contributed by atoms with Gasteiger partial charge in [-0.15, -0.1) is 0 Å². The quantitative estimate of drug-likeness (QED) is 0.518. The van der Waals surface area contributed by atoms with E-state index in [4.69, 9.17) is 25.8 Å². The van der Waals surface area contributed by atoms with Crippen LogP contribution in [0.1, 0.15) is 19.4 Å². The van der Waals surface area contributed by atoms with Crippen LogP contribution in [0, 0.1) is 11.8 Å². The van der Waals surface area contributed by atoms with E-state index in [0.717, 1.165) is 16.9 Å². The van der Waals surface area contributed by atoms with Crippen molar-refractivity contribution < 1.29 is 34.6 Å². The fourth-order valence-corrected chi connectivity index (χ4v) is 5.09. The third kappa shape index (κ3) is 3.72. The van der Waals surface area contributed by atoms with Crippen molar-refractivity contribution in [3.63, 3.8) is 0 Å². The summed E-state index contributed by atoms with van der Waals surface area (Å²) in [5.41, 5.74) is 0.390. The van der Waals surface area contributed by atoms with Gasteiger partial charge in [0.05, 0.1) is 19.8 Å². The third-order valence-corrected chi connectivity index (χ3v) is 6.90. The van der Waals surface area contributed by atoms with Crippen LogP contribution in [0.4, 0.5) is 0 Å². The predicted molar refractivity (Wildman–Crippen MR) is 114 cm³/mol. The zero-order chi connectivity index (χ0) is 22.4. The SMILES string of the molecule is CCOc1ccc(CC2=CC([C@]34OC[C@](CO)(O3)[C@@H](O)[C@H](O)[C@H]4O)C(C)C=C2Cl)cc1. The van der Waals surface area contributed by atoms with Crippen LogP contribution in [0.2, 0.25) is 0 Å². The average molecular weight is 453 g/mol. The van der Waals surface area contributed by atoms with Crippen molar-refractivity contribution in [1.82, 2.24) is 0 Å². The molecule has 2 fully saturated rings. The van der Waals surface area contributed by atoms with Gasteiger partial charge in [-0.2, -0.15) is 0 Å². The molecule has 4 N–H and O–H groups in total. The van der Waals surface area contributed by atoms with E-state index in [-0.39, 0.29) is 12.5 Å². The summed E-state index contributed by atoms with van der Waals surface area (Å²) in [6, 6.07) is 7.74. The minimum Gasteiger partial charge on any atom is -0.494 e. The minimum absolute atomic E-state index is 0.137. The van der Waals surface area contributed by atoms with E-state index in [1.165, 1.54) is 0 Å². The molecule has 170 valence electrons. The standard InChI is InChI=1S/C23H29ClO7/c1-3-29-16-6-4-14(5-7-16)9-15-10-17(13(2)8-18(15)24)23-21(28)19(26)20(27)22(11-25,31-23)12-30-23/h4-8,10,13,17,19-21,25-28H,3,9,11-12H2,1-2H3/t13?,17?,19-,20-,21+,22-,23-/m0/s1. The van der Waals surface area contributed by atoms with Crippen molar-refractivity contribution in [2.45, 2.75) is 50.0 Å². The monoisotopic (exact) mass is 452 g/mol. The molecule has 2 bridgehead atoms. The van der Waals surface area contributed by atoms with Crippen molar-refractivity contribution in [2.75, 3.05) is 19.8 Å². The molecule has 3 aliphatic rings. The first-order valence-corrected chi connectivity index (χ1v) is 10.9. The molecule has 4 rings (SSSR count). The fraction of sp³-hybridized carbons (Fsp3) is 0.565. The van der Waals surface area contributed by atoms with E-state index in [0.29, 0.717) is 18.1 Å². The average Bonchev–Trinajstić information content (AvgIpc) is 3.14. The van der Waals surface area contributed by atoms with Crippen LogP contribution in [-0.2, 0) is 15.9 Å². The van der Waals surface area contributed by atoms with Crippen molar-refractivity contribution in [1.29, 1.82) is 0 Å². The first-order chi connectivity index (χ1) is 14.8. The van der Waals surface area contributed by atoms with Gasteiger partial charge in [0.2, 0.25) is 5.79 Å². The van der Waals surface area contributed by atoms with Crippen LogP contribution < -0.4 is 4.74 Å². The van der Waals surface area contributed by atoms with E-state index in [2.05, 4.69) is 0 Å². The molecule has 1 aromatic carbocycles. The molecule has 7 atom stereocenters. The Labute approximate surface area is 186 Å². The van der Waals surface area contributed by atoms with E-state index in [1.54, 1.807) is 0 Å². The summed E-state index contributed by atoms with van der Waals surface area (Å²) in [5.74, 6) is -1.47. The summed E-state index contributed by atoms with van der Waals surface area (Å²) < 4.78 is 17.4. The summed E-state index contributed by atoms with van der Waals surface area (Å²) in [4.78, 5) is 0. The molecule has 0 aromatic heterocycles. The van der Waals surface area contributed by atoms with Gasteiger partial charge in [0.15, 0.2) is 0 Å². The number of aliphatic hydroxyl groups excluding tert-OH is 4. The van der Waals surface area contributed by atoms with Gasteiger partial charge in [0, 0.05) is 11.0 Å². The Morgan fingerprint density at radius 1 is 1.13 bits per heavy atom. The molecule has 2 heterocycles. The molecule has 7 nitrogen and oxygen atoms in total. The van der Waals surface area contributed by atoms with Gasteiger partial charge < -0.3 is 34.6 Å². The van der Waals surface area contributed by atoms with Crippen LogP contribution in [0.5, 0.6) is 5.75 Å². The molecule has 1 aromatic rings. The maximum absolute atomic E-state index is 10.8. The fourth-order valence-electron chi connectivity index (χ4n) is 4.76. The summed E-state index contributed by atoms with van der Waals surface area (Å²) >= 11 is 6.55. The van der Waals surface area contributed by atoms with Gasteiger partial charge in [-0.05, 0) is 42.5 Å². The van der Waals surface area contributed by atoms with E-state index >= 15 is 0 Å². The van der Waals surface area contributed by atoms with Gasteiger partial charge in [-0.1, -0.05) is 42.8 Å². The number of hydrogen-bond donors (Lipinski definition) is 4. The molecule has 8 heteroatoms. The molecule has 0 amide bonds. The predicted octanol–water partition coefficient (Wildman–Crippen LogP) is 1.51. The van der Waals surface area contributed by atoms with E-state index < -0.39 is 42.2 Å². The van der Waals surface area contributed by atoms with Gasteiger partial charge >= 0.3 is 0 Å². The zero-order valence-corrected chi connectivity index (χ0v) is 18.3. The summed E-state index contributed by atoms with van der Waals surface area (Å²) in [7, 11) is 0. The first kappa shape index (κ1) is 22.7. The summed E-state index contributed by atoms with van der Waals surface area (Å²) in [6.07, 6.45) is -0.141. The molecular weight excluding hydrogens is 424 g/mol. The van der Waals surface area contributed by atoms with Gasteiger partial charge in [0.25, 0.3) is 0 Å². The lowest BCUT2D eigenvalue weighted by Gasteiger charge is -2.49. The summed E-state index contributed by atoms with van der Waals surface area (Å²) in [6.45, 7) is 3.77. The zero-order valence-electron chi connectivity index (χ0n) is 17.6. The van der Waals surface area contributed by atoms with E-state index in [9.17, 15) is 20.4 Å². The first-order valence-electron chi connectivity index (χ1n) is 10.6. The normalized spacial score (nSPS) is 39.8. The van der Waals surface area contributed by atoms with Crippen molar-refractivity contribution in [3.05, 3.63) is 52.6 Å².